The first-order valence-electron chi connectivity index (χ1n) is 29.9. The molecule has 0 unspecified atom stereocenters. The number of Topliss-reactive ketones (excluding diaryl/α,β-unsaturated/α-hetero) is 2. The second-order valence-electron chi connectivity index (χ2n) is 26.5. The summed E-state index contributed by atoms with van der Waals surface area (Å²) in [6.45, 7) is 49.0. The Morgan fingerprint density at radius 1 is 0.458 bits per heavy atom. The number of allylic oxidation sites excluding steroid dienone is 5. The molecule has 0 bridgehead atoms. The molecule has 6 heterocycles. The van der Waals surface area contributed by atoms with Gasteiger partial charge >= 0.3 is 5.82 Å². The van der Waals surface area contributed by atoms with E-state index >= 15 is 0 Å². The maximum Gasteiger partial charge on any atom is 0.527 e. The zero-order valence-corrected chi connectivity index (χ0v) is 56.6. The molecule has 0 atom stereocenters. The van der Waals surface area contributed by atoms with Crippen LogP contribution in [0.25, 0.3) is 116 Å². The lowest BCUT2D eigenvalue weighted by Crippen LogP contribution is -2.17. The molecule has 0 radical (unpaired) electrons. The van der Waals surface area contributed by atoms with Gasteiger partial charge < -0.3 is 0 Å². The minimum Gasteiger partial charge on any atom is -0.289 e. The molecular formula is C76H38N12O2S6. The SMILES string of the molecule is [C-]#[N+]C([N+]#[C-])=C1/C(=C/c2cc3c(s2)-c2cc4c(cc2C3(C)C)-c2sc(-c3c5c(c(-c6cc7c(s6)-c6cc8c(cc6C7(C)C)-c6sc(/C=C7\C(=O)c9cc([N+]#[C-])c(C#N)cc9C7=C(C#N)C#N)cc6C8(C)C)c6nsnc36)N=S=N5)cc2C4(C)C)C(=O)c2cc(C#N)c([N+]#[C-])cc21. The number of thiophene rings is 4. The lowest BCUT2D eigenvalue weighted by Gasteiger charge is -2.24. The van der Waals surface area contributed by atoms with Gasteiger partial charge in [-0.25, -0.2) is 9.69 Å². The first kappa shape index (κ1) is 58.6. The van der Waals surface area contributed by atoms with E-state index in [2.05, 4.69) is 123 Å². The van der Waals surface area contributed by atoms with Gasteiger partial charge in [0.1, 0.15) is 53.3 Å². The summed E-state index contributed by atoms with van der Waals surface area (Å²) in [6, 6.07) is 31.9. The Hall–Kier alpha value is -11.2. The summed E-state index contributed by atoms with van der Waals surface area (Å²) in [6.07, 6.45) is 3.50. The summed E-state index contributed by atoms with van der Waals surface area (Å²) in [5.41, 5.74) is 19.0. The van der Waals surface area contributed by atoms with Gasteiger partial charge in [-0.2, -0.15) is 48.2 Å². The maximum atomic E-state index is 14.2. The van der Waals surface area contributed by atoms with E-state index in [0.717, 1.165) is 85.1 Å². The quantitative estimate of drug-likeness (QED) is 0.0942. The molecule has 10 aromatic rings. The van der Waals surface area contributed by atoms with E-state index in [0.29, 0.717) is 11.1 Å². The van der Waals surface area contributed by atoms with Crippen LogP contribution in [0.3, 0.4) is 0 Å². The van der Waals surface area contributed by atoms with Crippen molar-refractivity contribution in [2.75, 3.05) is 0 Å². The lowest BCUT2D eigenvalue weighted by molar-refractivity contribution is 0.103. The highest BCUT2D eigenvalue weighted by molar-refractivity contribution is 7.58. The zero-order chi connectivity index (χ0) is 66.9. The molecule has 14 nitrogen and oxygen atoms in total. The van der Waals surface area contributed by atoms with E-state index in [1.165, 1.54) is 102 Å². The fourth-order valence-corrected chi connectivity index (χ4v) is 21.9. The Morgan fingerprint density at radius 2 is 0.833 bits per heavy atom. The van der Waals surface area contributed by atoms with Gasteiger partial charge in [0.05, 0.1) is 65.1 Å². The third-order valence-electron chi connectivity index (χ3n) is 20.4. The number of nitrogens with zero attached hydrogens (tertiary/aromatic N) is 12. The molecule has 0 saturated carbocycles. The van der Waals surface area contributed by atoms with E-state index in [-0.39, 0.29) is 67.3 Å². The molecule has 5 aromatic heterocycles. The van der Waals surface area contributed by atoms with Gasteiger partial charge in [0.2, 0.25) is 11.4 Å². The second kappa shape index (κ2) is 19.7. The highest BCUT2D eigenvalue weighted by Crippen LogP contribution is 2.65. The summed E-state index contributed by atoms with van der Waals surface area (Å²) in [5, 5.41) is 39.9. The van der Waals surface area contributed by atoms with Crippen LogP contribution in [0.2, 0.25) is 0 Å². The fourth-order valence-electron chi connectivity index (χ4n) is 15.5. The lowest BCUT2D eigenvalue weighted by atomic mass is 9.79. The number of hydrogen-bond donors (Lipinski definition) is 0. The van der Waals surface area contributed by atoms with Crippen molar-refractivity contribution >= 4 is 137 Å². The molecule has 20 heteroatoms. The average molecular weight is 1340 g/mol. The number of carbonyl (C=O) groups is 2. The standard InChI is InChI=1S/C76H38N12O2S6/c1-73(2)46-21-42-48(19-40(46)68-50(73)17-34(91-68)15-44-58(33(29-79)30-80)36-13-31(27-77)55(82-10)24-39(36)67(44)90)75(5,6)52-25-56(93-70(42)52)60-62-64(87-95-85-62)61(65-63(60)86-96-88-65)57-26-53-71(94-57)43-22-47-41(20-49(43)76(53,7)8)69-51(74(47,3)4)18-35(92-69)16-45-59(72(83-11)84-12)37-23-54(81-9)32(28-78)14-38(37)66(45)89/h13-26H,1-8H3/b44-15-,45-16-. The van der Waals surface area contributed by atoms with Crippen molar-refractivity contribution in [3.63, 3.8) is 0 Å². The number of nitriles is 4. The van der Waals surface area contributed by atoms with Gasteiger partial charge in [-0.05, 0) is 163 Å². The number of aromatic nitrogens is 2. The smallest absolute Gasteiger partial charge is 0.289 e. The van der Waals surface area contributed by atoms with E-state index in [1.807, 2.05) is 24.3 Å². The Labute approximate surface area is 573 Å². The summed E-state index contributed by atoms with van der Waals surface area (Å²) in [5.74, 6) is -1.08. The Morgan fingerprint density at radius 3 is 1.24 bits per heavy atom. The largest absolute Gasteiger partial charge is 0.527 e. The molecule has 6 aliphatic carbocycles. The van der Waals surface area contributed by atoms with Gasteiger partial charge in [-0.1, -0.05) is 55.4 Å². The number of rotatable bonds is 4. The predicted molar refractivity (Wildman–Crippen MR) is 379 cm³/mol. The summed E-state index contributed by atoms with van der Waals surface area (Å²) >= 11 is 8.99. The number of benzene rings is 5. The average Bonchev–Trinajstić information content (AvgIpc) is 1.54. The third-order valence-corrected chi connectivity index (χ3v) is 26.0. The normalized spacial score (nSPS) is 16.9. The van der Waals surface area contributed by atoms with E-state index in [9.17, 15) is 30.6 Å². The minimum atomic E-state index is -0.441. The molecule has 96 heavy (non-hydrogen) atoms. The molecule has 1 aliphatic heterocycles. The number of ketones is 2. The highest BCUT2D eigenvalue weighted by atomic mass is 32.1. The zero-order valence-electron chi connectivity index (χ0n) is 51.7. The Bertz CT molecular complexity index is 5820. The summed E-state index contributed by atoms with van der Waals surface area (Å²) < 4.78 is 20.3. The minimum absolute atomic E-state index is 0.0319. The topological polar surface area (TPSA) is 197 Å². The summed E-state index contributed by atoms with van der Waals surface area (Å²) in [4.78, 5) is 50.6. The number of hydrogen-bond acceptors (Lipinski definition) is 15. The van der Waals surface area contributed by atoms with Crippen LogP contribution in [0.5, 0.6) is 0 Å². The van der Waals surface area contributed by atoms with E-state index in [1.54, 1.807) is 57.5 Å². The van der Waals surface area contributed by atoms with Crippen LogP contribution in [0, 0.1) is 71.6 Å². The first-order valence-corrected chi connectivity index (χ1v) is 34.7. The van der Waals surface area contributed by atoms with Crippen LogP contribution >= 0.6 is 57.1 Å². The second-order valence-corrected chi connectivity index (χ2v) is 31.8. The van der Waals surface area contributed by atoms with Crippen molar-refractivity contribution < 1.29 is 9.59 Å². The van der Waals surface area contributed by atoms with E-state index < -0.39 is 33.2 Å². The van der Waals surface area contributed by atoms with Crippen molar-refractivity contribution in [1.29, 1.82) is 21.0 Å². The number of fused-ring (bicyclic) bond motifs is 16. The van der Waals surface area contributed by atoms with Crippen molar-refractivity contribution in [2.45, 2.75) is 77.0 Å². The molecular weight excluding hydrogens is 1310 g/mol. The van der Waals surface area contributed by atoms with Gasteiger partial charge in [-0.3, -0.25) is 9.59 Å². The molecule has 0 saturated heterocycles. The van der Waals surface area contributed by atoms with Crippen molar-refractivity contribution in [2.24, 2.45) is 8.73 Å². The van der Waals surface area contributed by atoms with Gasteiger partial charge in [-0.15, -0.1) is 45.3 Å². The molecule has 0 amide bonds. The Kier molecular flexibility index (Phi) is 12.0. The van der Waals surface area contributed by atoms with Crippen LogP contribution < -0.4 is 0 Å². The van der Waals surface area contributed by atoms with Gasteiger partial charge in [0.25, 0.3) is 0 Å². The molecule has 0 spiro atoms. The highest BCUT2D eigenvalue weighted by Gasteiger charge is 2.48. The Balaban J connectivity index is 0.711. The van der Waals surface area contributed by atoms with Gasteiger partial charge in [0.15, 0.2) is 11.6 Å². The van der Waals surface area contributed by atoms with Crippen LogP contribution in [0.15, 0.2) is 104 Å². The monoisotopic (exact) mass is 1340 g/mol. The molecule has 0 N–H and O–H groups in total. The predicted octanol–water partition coefficient (Wildman–Crippen LogP) is 20.9. The van der Waals surface area contributed by atoms with Crippen LogP contribution in [-0.2, 0) is 33.0 Å². The van der Waals surface area contributed by atoms with Gasteiger partial charge in [0, 0.05) is 99.7 Å². The summed E-state index contributed by atoms with van der Waals surface area (Å²) in [7, 11) is 0. The van der Waals surface area contributed by atoms with Crippen LogP contribution in [0.4, 0.5) is 22.7 Å². The first-order chi connectivity index (χ1) is 46.1. The van der Waals surface area contributed by atoms with Crippen molar-refractivity contribution in [3.8, 4) is 86.9 Å². The van der Waals surface area contributed by atoms with Crippen LogP contribution in [0.1, 0.15) is 153 Å². The third kappa shape index (κ3) is 7.44. The van der Waals surface area contributed by atoms with E-state index in [4.69, 9.17) is 43.8 Å². The molecule has 7 aliphatic rings. The molecule has 5 aromatic carbocycles. The van der Waals surface area contributed by atoms with Crippen molar-refractivity contribution in [3.05, 3.63) is 229 Å². The maximum absolute atomic E-state index is 14.2. The fraction of sp³-hybridized carbons (Fsp3) is 0.158. The molecule has 0 fully saturated rings. The number of carbonyl (C=O) groups excluding carboxylic acids is 2. The van der Waals surface area contributed by atoms with Crippen LogP contribution in [-0.4, -0.2) is 20.3 Å². The molecule has 17 rings (SSSR count). The molecule has 450 valence electrons. The van der Waals surface area contributed by atoms with Crippen molar-refractivity contribution in [1.82, 2.24) is 8.75 Å².